The predicted molar refractivity (Wildman–Crippen MR) is 87.5 cm³/mol. The van der Waals surface area contributed by atoms with Crippen LogP contribution in [-0.2, 0) is 12.4 Å². The van der Waals surface area contributed by atoms with E-state index in [9.17, 15) is 4.39 Å². The van der Waals surface area contributed by atoms with Crippen molar-refractivity contribution in [3.63, 3.8) is 0 Å². The highest BCUT2D eigenvalue weighted by molar-refractivity contribution is 14.1. The molecule has 2 nitrogen and oxygen atoms in total. The molecule has 0 aliphatic heterocycles. The molecule has 0 spiro atoms. The van der Waals surface area contributed by atoms with Gasteiger partial charge < -0.3 is 4.57 Å². The van der Waals surface area contributed by atoms with E-state index >= 15 is 0 Å². The summed E-state index contributed by atoms with van der Waals surface area (Å²) in [4.78, 5) is 4.54. The molecule has 0 aliphatic rings. The van der Waals surface area contributed by atoms with Crippen LogP contribution >= 0.6 is 34.2 Å². The fraction of sp³-hybridized carbons (Fsp3) is 0.133. The second-order valence-electron chi connectivity index (χ2n) is 4.51. The van der Waals surface area contributed by atoms with Gasteiger partial charge in [0.25, 0.3) is 0 Å². The van der Waals surface area contributed by atoms with Crippen LogP contribution in [0.4, 0.5) is 4.39 Å². The number of rotatable bonds is 3. The summed E-state index contributed by atoms with van der Waals surface area (Å²) in [5.41, 5.74) is 2.84. The molecule has 0 N–H and O–H groups in total. The zero-order valence-electron chi connectivity index (χ0n) is 10.5. The molecule has 0 fully saturated rings. The second kappa shape index (κ2) is 5.69. The Hall–Kier alpha value is -1.14. The number of halogens is 3. The molecular formula is C15H11ClFIN2. The maximum atomic E-state index is 13.3. The molecular weight excluding hydrogens is 390 g/mol. The van der Waals surface area contributed by atoms with E-state index in [0.717, 1.165) is 26.0 Å². The first kappa shape index (κ1) is 13.8. The highest BCUT2D eigenvalue weighted by Crippen LogP contribution is 2.21. The minimum Gasteiger partial charge on any atom is -0.322 e. The van der Waals surface area contributed by atoms with Crippen LogP contribution in [0.5, 0.6) is 0 Å². The van der Waals surface area contributed by atoms with E-state index in [0.29, 0.717) is 12.4 Å². The van der Waals surface area contributed by atoms with Gasteiger partial charge in [-0.1, -0.05) is 12.1 Å². The first-order chi connectivity index (χ1) is 9.67. The summed E-state index contributed by atoms with van der Waals surface area (Å²) in [7, 11) is 0. The van der Waals surface area contributed by atoms with Crippen molar-refractivity contribution in [1.82, 2.24) is 9.55 Å². The molecule has 1 aromatic heterocycles. The number of imidazole rings is 1. The average molecular weight is 401 g/mol. The van der Waals surface area contributed by atoms with Crippen molar-refractivity contribution in [3.05, 3.63) is 63.2 Å². The quantitative estimate of drug-likeness (QED) is 0.465. The molecule has 0 unspecified atom stereocenters. The van der Waals surface area contributed by atoms with Crippen LogP contribution in [0.3, 0.4) is 0 Å². The van der Waals surface area contributed by atoms with E-state index in [1.54, 1.807) is 6.07 Å². The molecule has 0 amide bonds. The van der Waals surface area contributed by atoms with Gasteiger partial charge in [0, 0.05) is 10.1 Å². The summed E-state index contributed by atoms with van der Waals surface area (Å²) in [5.74, 6) is 0.905. The molecule has 0 bridgehead atoms. The minimum atomic E-state index is -0.228. The number of hydrogen-bond acceptors (Lipinski definition) is 1. The van der Waals surface area contributed by atoms with Crippen LogP contribution in [0, 0.1) is 9.39 Å². The van der Waals surface area contributed by atoms with Crippen molar-refractivity contribution in [2.24, 2.45) is 0 Å². The zero-order chi connectivity index (χ0) is 14.1. The third kappa shape index (κ3) is 2.67. The lowest BCUT2D eigenvalue weighted by atomic mass is 10.2. The van der Waals surface area contributed by atoms with Gasteiger partial charge in [0.15, 0.2) is 0 Å². The topological polar surface area (TPSA) is 17.8 Å². The molecule has 0 saturated heterocycles. The lowest BCUT2D eigenvalue weighted by Gasteiger charge is -2.08. The van der Waals surface area contributed by atoms with E-state index in [4.69, 9.17) is 11.6 Å². The van der Waals surface area contributed by atoms with Gasteiger partial charge in [-0.2, -0.15) is 0 Å². The number of benzene rings is 2. The van der Waals surface area contributed by atoms with Crippen LogP contribution in [0.1, 0.15) is 11.4 Å². The molecule has 20 heavy (non-hydrogen) atoms. The largest absolute Gasteiger partial charge is 0.322 e. The minimum absolute atomic E-state index is 0.228. The highest BCUT2D eigenvalue weighted by Gasteiger charge is 2.11. The van der Waals surface area contributed by atoms with Crippen LogP contribution in [-0.4, -0.2) is 9.55 Å². The van der Waals surface area contributed by atoms with Gasteiger partial charge in [-0.15, -0.1) is 11.6 Å². The average Bonchev–Trinajstić information content (AvgIpc) is 2.76. The van der Waals surface area contributed by atoms with Gasteiger partial charge in [-0.3, -0.25) is 0 Å². The molecule has 1 heterocycles. The molecule has 5 heteroatoms. The summed E-state index contributed by atoms with van der Waals surface area (Å²) < 4.78 is 16.5. The maximum absolute atomic E-state index is 13.3. The molecule has 2 aromatic carbocycles. The predicted octanol–water partition coefficient (Wildman–Crippen LogP) is 4.57. The lowest BCUT2D eigenvalue weighted by Crippen LogP contribution is -2.04. The van der Waals surface area contributed by atoms with Crippen molar-refractivity contribution in [3.8, 4) is 0 Å². The molecule has 3 aromatic rings. The fourth-order valence-corrected chi connectivity index (χ4v) is 2.93. The van der Waals surface area contributed by atoms with E-state index in [1.165, 1.54) is 12.1 Å². The Balaban J connectivity index is 2.10. The van der Waals surface area contributed by atoms with E-state index in [-0.39, 0.29) is 5.82 Å². The third-order valence-corrected chi connectivity index (χ3v) is 4.05. The second-order valence-corrected chi connectivity index (χ2v) is 6.02. The Morgan fingerprint density at radius 1 is 1.20 bits per heavy atom. The van der Waals surface area contributed by atoms with Crippen molar-refractivity contribution < 1.29 is 4.39 Å². The summed E-state index contributed by atoms with van der Waals surface area (Å²) >= 11 is 8.24. The van der Waals surface area contributed by atoms with E-state index in [2.05, 4.69) is 27.6 Å². The Morgan fingerprint density at radius 2 is 2.05 bits per heavy atom. The monoisotopic (exact) mass is 400 g/mol. The first-order valence-corrected chi connectivity index (χ1v) is 7.74. The fourth-order valence-electron chi connectivity index (χ4n) is 2.25. The van der Waals surface area contributed by atoms with Gasteiger partial charge in [0.2, 0.25) is 0 Å². The summed E-state index contributed by atoms with van der Waals surface area (Å²) in [6.07, 6.45) is 0. The Morgan fingerprint density at radius 3 is 2.80 bits per heavy atom. The Bertz CT molecular complexity index is 770. The molecule has 0 aliphatic carbocycles. The van der Waals surface area contributed by atoms with Crippen LogP contribution in [0.2, 0.25) is 0 Å². The van der Waals surface area contributed by atoms with Crippen LogP contribution in [0.15, 0.2) is 42.5 Å². The Kier molecular flexibility index (Phi) is 3.94. The Labute approximate surface area is 134 Å². The van der Waals surface area contributed by atoms with E-state index < -0.39 is 0 Å². The maximum Gasteiger partial charge on any atom is 0.125 e. The molecule has 3 rings (SSSR count). The normalized spacial score (nSPS) is 11.2. The molecule has 0 atom stereocenters. The number of aromatic nitrogens is 2. The van der Waals surface area contributed by atoms with Crippen LogP contribution in [0.25, 0.3) is 11.0 Å². The van der Waals surface area contributed by atoms with Crippen molar-refractivity contribution >= 4 is 45.2 Å². The molecule has 0 saturated carbocycles. The van der Waals surface area contributed by atoms with Gasteiger partial charge in [-0.05, 0) is 58.5 Å². The summed E-state index contributed by atoms with van der Waals surface area (Å²) in [6, 6.07) is 12.7. The lowest BCUT2D eigenvalue weighted by molar-refractivity contribution is 0.623. The van der Waals surface area contributed by atoms with Crippen molar-refractivity contribution in [2.45, 2.75) is 12.4 Å². The van der Waals surface area contributed by atoms with Gasteiger partial charge in [-0.25, -0.2) is 9.37 Å². The standard InChI is InChI=1S/C15H11ClFIN2/c16-8-15-19-13-7-12(18)4-5-14(13)20(15)9-10-2-1-3-11(17)6-10/h1-7H,8-9H2. The van der Waals surface area contributed by atoms with E-state index in [1.807, 2.05) is 28.8 Å². The summed E-state index contributed by atoms with van der Waals surface area (Å²) in [6.45, 7) is 0.566. The first-order valence-electron chi connectivity index (χ1n) is 6.12. The SMILES string of the molecule is Fc1cccc(Cn2c(CCl)nc3cc(I)ccc32)c1. The number of alkyl halides is 1. The number of nitrogens with zero attached hydrogens (tertiary/aromatic N) is 2. The molecule has 0 radical (unpaired) electrons. The van der Waals surface area contributed by atoms with Crippen molar-refractivity contribution in [2.75, 3.05) is 0 Å². The number of hydrogen-bond donors (Lipinski definition) is 0. The van der Waals surface area contributed by atoms with Crippen LogP contribution < -0.4 is 0 Å². The van der Waals surface area contributed by atoms with Crippen molar-refractivity contribution in [1.29, 1.82) is 0 Å². The number of fused-ring (bicyclic) bond motifs is 1. The highest BCUT2D eigenvalue weighted by atomic mass is 127. The van der Waals surface area contributed by atoms with Gasteiger partial charge >= 0.3 is 0 Å². The zero-order valence-corrected chi connectivity index (χ0v) is 13.4. The molecule has 102 valence electrons. The summed E-state index contributed by atoms with van der Waals surface area (Å²) in [5, 5.41) is 0. The van der Waals surface area contributed by atoms with Gasteiger partial charge in [0.05, 0.1) is 16.9 Å². The van der Waals surface area contributed by atoms with Gasteiger partial charge in [0.1, 0.15) is 11.6 Å². The smallest absolute Gasteiger partial charge is 0.125 e. The third-order valence-electron chi connectivity index (χ3n) is 3.14.